The summed E-state index contributed by atoms with van der Waals surface area (Å²) in [6.07, 6.45) is -2.42. The van der Waals surface area contributed by atoms with E-state index < -0.39 is 23.2 Å². The standard InChI is InChI=1S/C8H14Cl2N2O4/c1-3-15-7(13)11-6(5(9)10)12-8(14)16-4-2/h5-6H,3-4H2,1-2H3,(H,11,13)(H,12,14). The van der Waals surface area contributed by atoms with Gasteiger partial charge in [-0.1, -0.05) is 0 Å². The van der Waals surface area contributed by atoms with Gasteiger partial charge in [-0.15, -0.1) is 23.2 Å². The second-order valence-corrected chi connectivity index (χ2v) is 3.71. The number of alkyl halides is 2. The Morgan fingerprint density at radius 2 is 1.44 bits per heavy atom. The molecule has 0 atom stereocenters. The summed E-state index contributed by atoms with van der Waals surface area (Å²) >= 11 is 11.1. The van der Waals surface area contributed by atoms with Gasteiger partial charge >= 0.3 is 12.2 Å². The van der Waals surface area contributed by atoms with Crippen LogP contribution >= 0.6 is 23.2 Å². The molecule has 2 amide bonds. The zero-order chi connectivity index (χ0) is 12.6. The van der Waals surface area contributed by atoms with Crippen molar-refractivity contribution < 1.29 is 19.1 Å². The Kier molecular flexibility index (Phi) is 7.84. The summed E-state index contributed by atoms with van der Waals surface area (Å²) in [7, 11) is 0. The van der Waals surface area contributed by atoms with Crippen molar-refractivity contribution >= 4 is 35.4 Å². The van der Waals surface area contributed by atoms with Gasteiger partial charge < -0.3 is 9.47 Å². The van der Waals surface area contributed by atoms with Gasteiger partial charge in [0.05, 0.1) is 13.2 Å². The summed E-state index contributed by atoms with van der Waals surface area (Å²) < 4.78 is 9.21. The van der Waals surface area contributed by atoms with E-state index in [4.69, 9.17) is 23.2 Å². The summed E-state index contributed by atoms with van der Waals surface area (Å²) in [5, 5.41) is 4.54. The first-order chi connectivity index (χ1) is 7.51. The molecule has 0 aromatic rings. The molecule has 0 aromatic carbocycles. The van der Waals surface area contributed by atoms with Gasteiger partial charge in [-0.25, -0.2) is 9.59 Å². The number of alkyl carbamates (subject to hydrolysis) is 2. The number of hydrogen-bond acceptors (Lipinski definition) is 4. The zero-order valence-electron chi connectivity index (χ0n) is 8.96. The van der Waals surface area contributed by atoms with E-state index in [-0.39, 0.29) is 13.2 Å². The topological polar surface area (TPSA) is 76.7 Å². The molecule has 0 saturated carbocycles. The van der Waals surface area contributed by atoms with Gasteiger partial charge in [0.25, 0.3) is 0 Å². The molecule has 16 heavy (non-hydrogen) atoms. The van der Waals surface area contributed by atoms with Crippen LogP contribution in [0.25, 0.3) is 0 Å². The van der Waals surface area contributed by atoms with Crippen molar-refractivity contribution in [3.05, 3.63) is 0 Å². The van der Waals surface area contributed by atoms with Crippen LogP contribution < -0.4 is 10.6 Å². The Bertz CT molecular complexity index is 218. The van der Waals surface area contributed by atoms with Gasteiger partial charge in [0.1, 0.15) is 11.0 Å². The number of rotatable bonds is 5. The summed E-state index contributed by atoms with van der Waals surface area (Å²) in [4.78, 5) is 21.1. The van der Waals surface area contributed by atoms with Crippen LogP contribution in [0.3, 0.4) is 0 Å². The maximum Gasteiger partial charge on any atom is 0.408 e. The smallest absolute Gasteiger partial charge is 0.408 e. The number of halogens is 2. The number of nitrogens with one attached hydrogen (secondary N) is 2. The predicted octanol–water partition coefficient (Wildman–Crippen LogP) is 1.61. The van der Waals surface area contributed by atoms with E-state index in [0.29, 0.717) is 0 Å². The molecule has 0 radical (unpaired) electrons. The van der Waals surface area contributed by atoms with Crippen LogP contribution in [-0.4, -0.2) is 36.4 Å². The minimum absolute atomic E-state index is 0.202. The fourth-order valence-corrected chi connectivity index (χ4v) is 1.01. The van der Waals surface area contributed by atoms with E-state index in [1.165, 1.54) is 0 Å². The van der Waals surface area contributed by atoms with Gasteiger partial charge in [0.2, 0.25) is 0 Å². The third-order valence-corrected chi connectivity index (χ3v) is 1.85. The van der Waals surface area contributed by atoms with Gasteiger partial charge in [-0.2, -0.15) is 0 Å². The molecule has 0 aliphatic carbocycles. The number of carbonyl (C=O) groups excluding carboxylic acids is 2. The monoisotopic (exact) mass is 272 g/mol. The highest BCUT2D eigenvalue weighted by molar-refractivity contribution is 6.44. The average Bonchev–Trinajstić information content (AvgIpc) is 2.17. The van der Waals surface area contributed by atoms with Crippen molar-refractivity contribution in [2.75, 3.05) is 13.2 Å². The van der Waals surface area contributed by atoms with Crippen molar-refractivity contribution in [1.29, 1.82) is 0 Å². The number of hydrogen-bond donors (Lipinski definition) is 2. The maximum atomic E-state index is 11.1. The SMILES string of the molecule is CCOC(=O)NC(NC(=O)OCC)C(Cl)Cl. The minimum atomic E-state index is -1.02. The second-order valence-electron chi connectivity index (χ2n) is 2.54. The molecule has 0 fully saturated rings. The van der Waals surface area contributed by atoms with Crippen LogP contribution in [0.5, 0.6) is 0 Å². The minimum Gasteiger partial charge on any atom is -0.450 e. The van der Waals surface area contributed by atoms with E-state index in [2.05, 4.69) is 20.1 Å². The van der Waals surface area contributed by atoms with Gasteiger partial charge in [-0.05, 0) is 13.8 Å². The summed E-state index contributed by atoms with van der Waals surface area (Å²) in [6, 6.07) is 0. The summed E-state index contributed by atoms with van der Waals surface area (Å²) in [6.45, 7) is 3.69. The molecule has 0 spiro atoms. The molecule has 0 unspecified atom stereocenters. The summed E-state index contributed by atoms with van der Waals surface area (Å²) in [5.74, 6) is 0. The van der Waals surface area contributed by atoms with Crippen LogP contribution in [0.1, 0.15) is 13.8 Å². The molecule has 6 nitrogen and oxygen atoms in total. The van der Waals surface area contributed by atoms with Crippen molar-refractivity contribution in [3.8, 4) is 0 Å². The Morgan fingerprint density at radius 3 is 1.69 bits per heavy atom. The molecule has 0 bridgehead atoms. The first-order valence-electron chi connectivity index (χ1n) is 4.66. The Hall–Kier alpha value is -0.880. The molecular weight excluding hydrogens is 259 g/mol. The van der Waals surface area contributed by atoms with E-state index >= 15 is 0 Å². The van der Waals surface area contributed by atoms with Crippen LogP contribution in [0.2, 0.25) is 0 Å². The molecular formula is C8H14Cl2N2O4. The van der Waals surface area contributed by atoms with Crippen LogP contribution in [-0.2, 0) is 9.47 Å². The highest BCUT2D eigenvalue weighted by Crippen LogP contribution is 2.06. The average molecular weight is 273 g/mol. The molecule has 0 rings (SSSR count). The van der Waals surface area contributed by atoms with E-state index in [9.17, 15) is 9.59 Å². The molecule has 0 heterocycles. The van der Waals surface area contributed by atoms with Gasteiger partial charge in [0.15, 0.2) is 0 Å². The van der Waals surface area contributed by atoms with Crippen LogP contribution in [0.4, 0.5) is 9.59 Å². The Labute approximate surface area is 104 Å². The first-order valence-corrected chi connectivity index (χ1v) is 5.53. The fourth-order valence-electron chi connectivity index (χ4n) is 0.762. The van der Waals surface area contributed by atoms with Gasteiger partial charge in [0, 0.05) is 0 Å². The Balaban J connectivity index is 4.17. The van der Waals surface area contributed by atoms with Crippen molar-refractivity contribution in [3.63, 3.8) is 0 Å². The Morgan fingerprint density at radius 1 is 1.06 bits per heavy atom. The zero-order valence-corrected chi connectivity index (χ0v) is 10.5. The van der Waals surface area contributed by atoms with Crippen LogP contribution in [0, 0.1) is 0 Å². The van der Waals surface area contributed by atoms with E-state index in [1.807, 2.05) is 0 Å². The van der Waals surface area contributed by atoms with Crippen LogP contribution in [0.15, 0.2) is 0 Å². The number of carbonyl (C=O) groups is 2. The number of amides is 2. The lowest BCUT2D eigenvalue weighted by Crippen LogP contribution is -2.52. The summed E-state index contributed by atoms with van der Waals surface area (Å²) in [5.41, 5.74) is 0. The molecule has 94 valence electrons. The first kappa shape index (κ1) is 15.1. The molecule has 0 aliphatic heterocycles. The third kappa shape index (κ3) is 6.58. The van der Waals surface area contributed by atoms with Crippen molar-refractivity contribution in [1.82, 2.24) is 10.6 Å². The highest BCUT2D eigenvalue weighted by Gasteiger charge is 2.22. The quantitative estimate of drug-likeness (QED) is 0.589. The van der Waals surface area contributed by atoms with E-state index in [1.54, 1.807) is 13.8 Å². The predicted molar refractivity (Wildman–Crippen MR) is 59.6 cm³/mol. The third-order valence-electron chi connectivity index (χ3n) is 1.35. The lowest BCUT2D eigenvalue weighted by Gasteiger charge is -2.20. The van der Waals surface area contributed by atoms with Gasteiger partial charge in [-0.3, -0.25) is 10.6 Å². The molecule has 0 saturated heterocycles. The molecule has 8 heteroatoms. The normalized spacial score (nSPS) is 10.1. The second kappa shape index (κ2) is 8.29. The van der Waals surface area contributed by atoms with Crippen molar-refractivity contribution in [2.24, 2.45) is 0 Å². The maximum absolute atomic E-state index is 11.1. The van der Waals surface area contributed by atoms with E-state index in [0.717, 1.165) is 0 Å². The molecule has 0 aromatic heterocycles. The largest absolute Gasteiger partial charge is 0.450 e. The number of ether oxygens (including phenoxy) is 2. The lowest BCUT2D eigenvalue weighted by atomic mass is 10.5. The fraction of sp³-hybridized carbons (Fsp3) is 0.750. The highest BCUT2D eigenvalue weighted by atomic mass is 35.5. The lowest BCUT2D eigenvalue weighted by molar-refractivity contribution is 0.136. The van der Waals surface area contributed by atoms with Crippen molar-refractivity contribution in [2.45, 2.75) is 24.8 Å². The molecule has 2 N–H and O–H groups in total. The molecule has 0 aliphatic rings.